The van der Waals surface area contributed by atoms with Gasteiger partial charge in [0.15, 0.2) is 5.82 Å². The van der Waals surface area contributed by atoms with Gasteiger partial charge in [0.25, 0.3) is 0 Å². The Morgan fingerprint density at radius 2 is 2.29 bits per heavy atom. The summed E-state index contributed by atoms with van der Waals surface area (Å²) in [6.07, 6.45) is 1.89. The van der Waals surface area contributed by atoms with Gasteiger partial charge in [0, 0.05) is 0 Å². The van der Waals surface area contributed by atoms with E-state index in [-0.39, 0.29) is 12.4 Å². The smallest absolute Gasteiger partial charge is 0.343 e. The van der Waals surface area contributed by atoms with Crippen LogP contribution in [0.2, 0.25) is 0 Å². The van der Waals surface area contributed by atoms with E-state index in [2.05, 4.69) is 14.7 Å². The Morgan fingerprint density at radius 3 is 2.88 bits per heavy atom. The first-order valence-corrected chi connectivity index (χ1v) is 4.31. The number of hydrogen-bond acceptors (Lipinski definition) is 7. The minimum absolute atomic E-state index is 0.132. The lowest BCUT2D eigenvalue weighted by Crippen LogP contribution is -2.31. The molecule has 0 fully saturated rings. The SMILES string of the molecule is O=c1[nH]c(=O)n(Cc2ncon2)cc1[N+](=O)[O-]. The third-order valence-electron chi connectivity index (χ3n) is 1.91. The third kappa shape index (κ3) is 2.09. The van der Waals surface area contributed by atoms with Gasteiger partial charge in [-0.3, -0.25) is 24.5 Å². The lowest BCUT2D eigenvalue weighted by atomic mass is 10.5. The van der Waals surface area contributed by atoms with Crippen LogP contribution in [0.15, 0.2) is 26.7 Å². The lowest BCUT2D eigenvalue weighted by molar-refractivity contribution is -0.386. The molecule has 0 aromatic carbocycles. The molecule has 0 saturated heterocycles. The number of H-pyrrole nitrogens is 1. The van der Waals surface area contributed by atoms with Crippen LogP contribution in [0.4, 0.5) is 5.69 Å². The predicted octanol–water partition coefficient (Wildman–Crippen LogP) is -1.12. The van der Waals surface area contributed by atoms with Gasteiger partial charge in [0.05, 0.1) is 17.7 Å². The molecule has 0 bridgehead atoms. The highest BCUT2D eigenvalue weighted by molar-refractivity contribution is 5.20. The molecule has 0 aliphatic carbocycles. The Hall–Kier alpha value is -2.78. The van der Waals surface area contributed by atoms with Crippen molar-refractivity contribution >= 4 is 5.69 Å². The minimum Gasteiger partial charge on any atom is -0.343 e. The number of rotatable bonds is 3. The van der Waals surface area contributed by atoms with E-state index in [0.29, 0.717) is 0 Å². The van der Waals surface area contributed by atoms with Crippen LogP contribution < -0.4 is 11.2 Å². The van der Waals surface area contributed by atoms with E-state index in [0.717, 1.165) is 17.2 Å². The Bertz CT molecular complexity index is 654. The van der Waals surface area contributed by atoms with Crippen molar-refractivity contribution in [2.45, 2.75) is 6.54 Å². The maximum atomic E-state index is 11.3. The van der Waals surface area contributed by atoms with Gasteiger partial charge in [0.1, 0.15) is 0 Å². The summed E-state index contributed by atoms with van der Waals surface area (Å²) in [5.41, 5.74) is -2.57. The molecule has 0 amide bonds. The molecule has 0 aliphatic heterocycles. The lowest BCUT2D eigenvalue weighted by Gasteiger charge is -2.00. The summed E-state index contributed by atoms with van der Waals surface area (Å²) in [5.74, 6) is 0.161. The van der Waals surface area contributed by atoms with Crippen molar-refractivity contribution < 1.29 is 9.45 Å². The molecule has 10 nitrogen and oxygen atoms in total. The maximum absolute atomic E-state index is 11.3. The van der Waals surface area contributed by atoms with Crippen LogP contribution in [0.3, 0.4) is 0 Å². The van der Waals surface area contributed by atoms with Crippen molar-refractivity contribution in [1.82, 2.24) is 19.7 Å². The fourth-order valence-corrected chi connectivity index (χ4v) is 1.16. The van der Waals surface area contributed by atoms with Gasteiger partial charge in [0.2, 0.25) is 6.39 Å². The topological polar surface area (TPSA) is 137 Å². The van der Waals surface area contributed by atoms with E-state index in [4.69, 9.17) is 0 Å². The Morgan fingerprint density at radius 1 is 1.53 bits per heavy atom. The van der Waals surface area contributed by atoms with Crippen molar-refractivity contribution in [2.75, 3.05) is 0 Å². The van der Waals surface area contributed by atoms with Gasteiger partial charge in [-0.1, -0.05) is 5.16 Å². The Balaban J connectivity index is 2.47. The molecule has 1 N–H and O–H groups in total. The molecular formula is C7H5N5O5. The zero-order valence-corrected chi connectivity index (χ0v) is 8.19. The molecule has 2 heterocycles. The monoisotopic (exact) mass is 239 g/mol. The molecule has 0 saturated carbocycles. The average Bonchev–Trinajstić information content (AvgIpc) is 2.74. The van der Waals surface area contributed by atoms with Crippen molar-refractivity contribution in [3.63, 3.8) is 0 Å². The molecule has 0 spiro atoms. The normalized spacial score (nSPS) is 10.4. The number of hydrogen-bond donors (Lipinski definition) is 1. The van der Waals surface area contributed by atoms with Gasteiger partial charge in [-0.25, -0.2) is 4.79 Å². The summed E-state index contributed by atoms with van der Waals surface area (Å²) in [7, 11) is 0. The summed E-state index contributed by atoms with van der Waals surface area (Å²) in [4.78, 5) is 37.5. The molecule has 0 radical (unpaired) electrons. The fraction of sp³-hybridized carbons (Fsp3) is 0.143. The first-order chi connectivity index (χ1) is 8.08. The van der Waals surface area contributed by atoms with Crippen LogP contribution >= 0.6 is 0 Å². The second-order valence-electron chi connectivity index (χ2n) is 3.01. The van der Waals surface area contributed by atoms with Crippen molar-refractivity contribution in [1.29, 1.82) is 0 Å². The largest absolute Gasteiger partial charge is 0.350 e. The summed E-state index contributed by atoms with van der Waals surface area (Å²) in [6.45, 7) is -0.132. The molecule has 10 heteroatoms. The van der Waals surface area contributed by atoms with Crippen LogP contribution in [-0.4, -0.2) is 24.6 Å². The summed E-state index contributed by atoms with van der Waals surface area (Å²) in [5, 5.41) is 14.0. The highest BCUT2D eigenvalue weighted by Crippen LogP contribution is 2.00. The highest BCUT2D eigenvalue weighted by atomic mass is 16.6. The zero-order valence-electron chi connectivity index (χ0n) is 8.19. The van der Waals surface area contributed by atoms with Crippen molar-refractivity contribution in [3.05, 3.63) is 49.4 Å². The zero-order chi connectivity index (χ0) is 12.4. The quantitative estimate of drug-likeness (QED) is 0.528. The molecule has 0 atom stereocenters. The van der Waals surface area contributed by atoms with E-state index in [1.165, 1.54) is 0 Å². The predicted molar refractivity (Wildman–Crippen MR) is 51.4 cm³/mol. The molecule has 2 aromatic rings. The number of aromatic nitrogens is 4. The second-order valence-corrected chi connectivity index (χ2v) is 3.01. The summed E-state index contributed by atoms with van der Waals surface area (Å²) < 4.78 is 5.35. The van der Waals surface area contributed by atoms with Crippen molar-refractivity contribution in [3.8, 4) is 0 Å². The first kappa shape index (κ1) is 10.7. The molecule has 0 aliphatic rings. The number of nitrogens with zero attached hydrogens (tertiary/aromatic N) is 4. The van der Waals surface area contributed by atoms with E-state index in [9.17, 15) is 19.7 Å². The summed E-state index contributed by atoms with van der Waals surface area (Å²) >= 11 is 0. The maximum Gasteiger partial charge on any atom is 0.350 e. The van der Waals surface area contributed by atoms with E-state index in [1.54, 1.807) is 0 Å². The molecular weight excluding hydrogens is 234 g/mol. The van der Waals surface area contributed by atoms with Crippen LogP contribution in [0.5, 0.6) is 0 Å². The number of aromatic amines is 1. The molecule has 88 valence electrons. The van der Waals surface area contributed by atoms with Gasteiger partial charge in [-0.05, 0) is 0 Å². The van der Waals surface area contributed by atoms with E-state index >= 15 is 0 Å². The third-order valence-corrected chi connectivity index (χ3v) is 1.91. The molecule has 0 unspecified atom stereocenters. The number of nitro groups is 1. The van der Waals surface area contributed by atoms with Gasteiger partial charge < -0.3 is 4.52 Å². The van der Waals surface area contributed by atoms with E-state index in [1.807, 2.05) is 4.98 Å². The summed E-state index contributed by atoms with van der Waals surface area (Å²) in [6, 6.07) is 0. The molecule has 17 heavy (non-hydrogen) atoms. The first-order valence-electron chi connectivity index (χ1n) is 4.31. The Labute approximate surface area is 91.7 Å². The van der Waals surface area contributed by atoms with E-state index < -0.39 is 21.9 Å². The van der Waals surface area contributed by atoms with Gasteiger partial charge >= 0.3 is 16.9 Å². The van der Waals surface area contributed by atoms with Gasteiger partial charge in [-0.2, -0.15) is 4.98 Å². The standard InChI is InChI=1S/C7H5N5O5/c13-6-4(12(15)16)1-11(7(14)9-6)2-5-8-3-17-10-5/h1,3H,2H2,(H,9,13,14). The van der Waals surface area contributed by atoms with Crippen LogP contribution in [-0.2, 0) is 6.54 Å². The van der Waals surface area contributed by atoms with Crippen LogP contribution in [0.25, 0.3) is 0 Å². The Kier molecular flexibility index (Phi) is 2.52. The second kappa shape index (κ2) is 4.00. The van der Waals surface area contributed by atoms with Crippen LogP contribution in [0, 0.1) is 10.1 Å². The van der Waals surface area contributed by atoms with Crippen LogP contribution in [0.1, 0.15) is 5.82 Å². The molecule has 2 rings (SSSR count). The van der Waals surface area contributed by atoms with Gasteiger partial charge in [-0.15, -0.1) is 0 Å². The fourth-order valence-electron chi connectivity index (χ4n) is 1.16. The minimum atomic E-state index is -1.05. The number of nitrogens with one attached hydrogen (secondary N) is 1. The molecule has 2 aromatic heterocycles. The average molecular weight is 239 g/mol. The highest BCUT2D eigenvalue weighted by Gasteiger charge is 2.15. The van der Waals surface area contributed by atoms with Crippen molar-refractivity contribution in [2.24, 2.45) is 0 Å².